The summed E-state index contributed by atoms with van der Waals surface area (Å²) in [5.41, 5.74) is 6.84. The number of hydrogen-bond acceptors (Lipinski definition) is 6. The molecule has 1 atom stereocenters. The number of ether oxygens (including phenoxy) is 3. The number of nitriles is 1. The Morgan fingerprint density at radius 2 is 2.14 bits per heavy atom. The number of nitrogens with two attached hydrogens (primary N) is 1. The van der Waals surface area contributed by atoms with Crippen LogP contribution in [0.25, 0.3) is 0 Å². The van der Waals surface area contributed by atoms with Crippen molar-refractivity contribution in [2.45, 2.75) is 46.1 Å². The van der Waals surface area contributed by atoms with Crippen LogP contribution in [0.1, 0.15) is 50.7 Å². The van der Waals surface area contributed by atoms with Gasteiger partial charge in [0.15, 0.2) is 0 Å². The van der Waals surface area contributed by atoms with Gasteiger partial charge in [0.1, 0.15) is 23.2 Å². The van der Waals surface area contributed by atoms with Crippen molar-refractivity contribution in [2.24, 2.45) is 5.73 Å². The van der Waals surface area contributed by atoms with E-state index in [2.05, 4.69) is 6.92 Å². The van der Waals surface area contributed by atoms with Crippen molar-refractivity contribution >= 4 is 5.97 Å². The average Bonchev–Trinajstić information content (AvgIpc) is 2.65. The number of unbranched alkanes of at least 4 members (excludes halogenated alkanes) is 1. The number of halogens is 1. The Morgan fingerprint density at radius 1 is 1.39 bits per heavy atom. The number of nitrogens with zero attached hydrogens (tertiary/aromatic N) is 1. The molecule has 1 aromatic rings. The third-order valence-electron chi connectivity index (χ3n) is 4.41. The molecule has 0 fully saturated rings. The van der Waals surface area contributed by atoms with E-state index >= 15 is 0 Å². The molecule has 0 radical (unpaired) electrons. The van der Waals surface area contributed by atoms with Crippen LogP contribution in [0.15, 0.2) is 41.0 Å². The lowest BCUT2D eigenvalue weighted by molar-refractivity contribution is -0.139. The molecule has 150 valence electrons. The van der Waals surface area contributed by atoms with Crippen molar-refractivity contribution in [3.05, 3.63) is 57.9 Å². The molecule has 7 heteroatoms. The fraction of sp³-hybridized carbons (Fsp3) is 0.429. The van der Waals surface area contributed by atoms with Crippen molar-refractivity contribution in [3.8, 4) is 6.07 Å². The van der Waals surface area contributed by atoms with Gasteiger partial charge in [0.25, 0.3) is 0 Å². The first kappa shape index (κ1) is 21.5. The molecule has 1 aliphatic rings. The van der Waals surface area contributed by atoms with Crippen LogP contribution in [0.2, 0.25) is 0 Å². The monoisotopic (exact) mass is 388 g/mol. The summed E-state index contributed by atoms with van der Waals surface area (Å²) in [4.78, 5) is 12.5. The summed E-state index contributed by atoms with van der Waals surface area (Å²) >= 11 is 0. The molecule has 6 nitrogen and oxygen atoms in total. The molecule has 1 aromatic carbocycles. The standard InChI is InChI=1S/C21H25FN2O4/c1-4-6-9-26-12-15-8-7-14(10-17(15)22)19-16(11-23)20(24)28-13(3)18(19)21(25)27-5-2/h7-8,10,19H,4-6,9,12,24H2,1-3H3. The second-order valence-corrected chi connectivity index (χ2v) is 6.37. The molecule has 2 rings (SSSR count). The molecule has 0 aliphatic carbocycles. The van der Waals surface area contributed by atoms with E-state index in [0.717, 1.165) is 12.8 Å². The van der Waals surface area contributed by atoms with Crippen LogP contribution >= 0.6 is 0 Å². The maximum absolute atomic E-state index is 14.6. The summed E-state index contributed by atoms with van der Waals surface area (Å²) in [6, 6.07) is 6.52. The van der Waals surface area contributed by atoms with Crippen LogP contribution in [-0.4, -0.2) is 19.2 Å². The fourth-order valence-corrected chi connectivity index (χ4v) is 2.98. The number of rotatable bonds is 8. The molecule has 1 heterocycles. The quantitative estimate of drug-likeness (QED) is 0.538. The third kappa shape index (κ3) is 4.70. The minimum absolute atomic E-state index is 0.0417. The highest BCUT2D eigenvalue weighted by molar-refractivity contribution is 5.92. The fourth-order valence-electron chi connectivity index (χ4n) is 2.98. The lowest BCUT2D eigenvalue weighted by atomic mass is 9.82. The van der Waals surface area contributed by atoms with Crippen LogP contribution in [0.3, 0.4) is 0 Å². The number of benzene rings is 1. The summed E-state index contributed by atoms with van der Waals surface area (Å²) in [6.45, 7) is 6.16. The molecule has 1 unspecified atom stereocenters. The Morgan fingerprint density at radius 3 is 2.75 bits per heavy atom. The number of allylic oxidation sites excluding steroid dienone is 2. The first-order valence-corrected chi connectivity index (χ1v) is 9.26. The van der Waals surface area contributed by atoms with Gasteiger partial charge in [0, 0.05) is 12.2 Å². The summed E-state index contributed by atoms with van der Waals surface area (Å²) in [7, 11) is 0. The van der Waals surface area contributed by atoms with Gasteiger partial charge in [-0.15, -0.1) is 0 Å². The second kappa shape index (κ2) is 9.90. The van der Waals surface area contributed by atoms with Gasteiger partial charge in [0.05, 0.1) is 24.7 Å². The lowest BCUT2D eigenvalue weighted by Gasteiger charge is -2.27. The largest absolute Gasteiger partial charge is 0.463 e. The summed E-state index contributed by atoms with van der Waals surface area (Å²) in [5, 5.41) is 9.54. The Labute approximate surface area is 164 Å². The number of carbonyl (C=O) groups excluding carboxylic acids is 1. The zero-order valence-electron chi connectivity index (χ0n) is 16.4. The van der Waals surface area contributed by atoms with Gasteiger partial charge in [-0.05, 0) is 31.9 Å². The topological polar surface area (TPSA) is 94.6 Å². The molecule has 0 saturated carbocycles. The van der Waals surface area contributed by atoms with E-state index < -0.39 is 17.7 Å². The highest BCUT2D eigenvalue weighted by atomic mass is 19.1. The predicted octanol–water partition coefficient (Wildman–Crippen LogP) is 3.79. The van der Waals surface area contributed by atoms with Crippen molar-refractivity contribution in [2.75, 3.05) is 13.2 Å². The highest BCUT2D eigenvalue weighted by Crippen LogP contribution is 2.40. The molecule has 1 aliphatic heterocycles. The smallest absolute Gasteiger partial charge is 0.338 e. The molecule has 0 bridgehead atoms. The van der Waals surface area contributed by atoms with E-state index in [0.29, 0.717) is 17.7 Å². The van der Waals surface area contributed by atoms with Crippen LogP contribution in [-0.2, 0) is 25.6 Å². The predicted molar refractivity (Wildman–Crippen MR) is 101 cm³/mol. The minimum Gasteiger partial charge on any atom is -0.463 e. The van der Waals surface area contributed by atoms with Crippen LogP contribution in [0.5, 0.6) is 0 Å². The van der Waals surface area contributed by atoms with Crippen molar-refractivity contribution < 1.29 is 23.4 Å². The maximum atomic E-state index is 14.6. The van der Waals surface area contributed by atoms with Gasteiger partial charge in [-0.25, -0.2) is 9.18 Å². The SMILES string of the molecule is CCCCOCc1ccc(C2C(C#N)=C(N)OC(C)=C2C(=O)OCC)cc1F. The summed E-state index contributed by atoms with van der Waals surface area (Å²) in [6.07, 6.45) is 1.91. The zero-order chi connectivity index (χ0) is 20.7. The highest BCUT2D eigenvalue weighted by Gasteiger charge is 2.36. The third-order valence-corrected chi connectivity index (χ3v) is 4.41. The zero-order valence-corrected chi connectivity index (χ0v) is 16.4. The number of hydrogen-bond donors (Lipinski definition) is 1. The van der Waals surface area contributed by atoms with E-state index in [9.17, 15) is 14.4 Å². The molecular formula is C21H25FN2O4. The van der Waals surface area contributed by atoms with E-state index in [1.165, 1.54) is 6.07 Å². The number of carbonyl (C=O) groups is 1. The van der Waals surface area contributed by atoms with E-state index in [-0.39, 0.29) is 36.0 Å². The average molecular weight is 388 g/mol. The van der Waals surface area contributed by atoms with E-state index in [4.69, 9.17) is 19.9 Å². The Hall–Kier alpha value is -2.85. The molecule has 0 amide bonds. The molecular weight excluding hydrogens is 363 g/mol. The summed E-state index contributed by atoms with van der Waals surface area (Å²) < 4.78 is 30.6. The van der Waals surface area contributed by atoms with Gasteiger partial charge in [-0.3, -0.25) is 0 Å². The second-order valence-electron chi connectivity index (χ2n) is 6.37. The molecule has 0 spiro atoms. The maximum Gasteiger partial charge on any atom is 0.338 e. The van der Waals surface area contributed by atoms with E-state index in [1.807, 2.05) is 6.07 Å². The van der Waals surface area contributed by atoms with Crippen molar-refractivity contribution in [1.29, 1.82) is 5.26 Å². The van der Waals surface area contributed by atoms with Crippen LogP contribution in [0.4, 0.5) is 4.39 Å². The number of esters is 1. The van der Waals surface area contributed by atoms with Crippen LogP contribution in [0, 0.1) is 17.1 Å². The van der Waals surface area contributed by atoms with Crippen molar-refractivity contribution in [3.63, 3.8) is 0 Å². The van der Waals surface area contributed by atoms with Crippen molar-refractivity contribution in [1.82, 2.24) is 0 Å². The molecule has 28 heavy (non-hydrogen) atoms. The van der Waals surface area contributed by atoms with Gasteiger partial charge in [-0.1, -0.05) is 25.5 Å². The van der Waals surface area contributed by atoms with Crippen LogP contribution < -0.4 is 5.73 Å². The Kier molecular flexibility index (Phi) is 7.59. The van der Waals surface area contributed by atoms with Gasteiger partial charge < -0.3 is 19.9 Å². The summed E-state index contributed by atoms with van der Waals surface area (Å²) in [5.74, 6) is -1.84. The van der Waals surface area contributed by atoms with Gasteiger partial charge in [0.2, 0.25) is 5.88 Å². The first-order valence-electron chi connectivity index (χ1n) is 9.26. The normalized spacial score (nSPS) is 16.6. The van der Waals surface area contributed by atoms with Gasteiger partial charge in [-0.2, -0.15) is 5.26 Å². The Balaban J connectivity index is 2.40. The molecule has 0 saturated heterocycles. The van der Waals surface area contributed by atoms with Gasteiger partial charge >= 0.3 is 5.97 Å². The molecule has 2 N–H and O–H groups in total. The minimum atomic E-state index is -0.859. The Bertz CT molecular complexity index is 839. The van der Waals surface area contributed by atoms with E-state index in [1.54, 1.807) is 26.0 Å². The molecule has 0 aromatic heterocycles. The first-order chi connectivity index (χ1) is 13.4. The lowest BCUT2D eigenvalue weighted by Crippen LogP contribution is -2.25.